The first-order valence-electron chi connectivity index (χ1n) is 10.8. The highest BCUT2D eigenvalue weighted by Gasteiger charge is 2.61. The first kappa shape index (κ1) is 18.7. The van der Waals surface area contributed by atoms with Crippen molar-refractivity contribution in [3.8, 4) is 11.8 Å². The zero-order chi connectivity index (χ0) is 20.2. The zero-order valence-corrected chi connectivity index (χ0v) is 17.3. The summed E-state index contributed by atoms with van der Waals surface area (Å²) in [5.41, 5.74) is 9.11. The van der Waals surface area contributed by atoms with Gasteiger partial charge in [-0.2, -0.15) is 0 Å². The minimum Gasteiger partial charge on any atom is -0.381 e. The topological polar surface area (TPSA) is 67.9 Å². The van der Waals surface area contributed by atoms with E-state index in [9.17, 15) is 4.79 Å². The third kappa shape index (κ3) is 2.88. The molecule has 2 spiro atoms. The van der Waals surface area contributed by atoms with Gasteiger partial charge in [0.05, 0.1) is 12.5 Å². The fourth-order valence-corrected chi connectivity index (χ4v) is 5.61. The van der Waals surface area contributed by atoms with E-state index in [-0.39, 0.29) is 11.3 Å². The zero-order valence-electron chi connectivity index (χ0n) is 17.3. The van der Waals surface area contributed by atoms with Crippen LogP contribution in [0.1, 0.15) is 61.6 Å². The SMILES string of the molecule is CO[C@H]1CC[C@@]2(CC1)Cc1ccc(C#CC3CC3)cc1C21CC(=O)N(C)C(N)=N1. The van der Waals surface area contributed by atoms with Crippen LogP contribution in [0, 0.1) is 23.2 Å². The molecule has 152 valence electrons. The molecule has 1 aromatic carbocycles. The maximum Gasteiger partial charge on any atom is 0.231 e. The highest BCUT2D eigenvalue weighted by Crippen LogP contribution is 2.62. The van der Waals surface area contributed by atoms with E-state index in [0.29, 0.717) is 24.4 Å². The third-order valence-electron chi connectivity index (χ3n) is 7.61. The lowest BCUT2D eigenvalue weighted by Gasteiger charge is -2.49. The van der Waals surface area contributed by atoms with Gasteiger partial charge >= 0.3 is 0 Å². The largest absolute Gasteiger partial charge is 0.381 e. The van der Waals surface area contributed by atoms with E-state index >= 15 is 0 Å². The maximum absolute atomic E-state index is 12.9. The van der Waals surface area contributed by atoms with Gasteiger partial charge in [0.25, 0.3) is 0 Å². The van der Waals surface area contributed by atoms with Gasteiger partial charge in [0.1, 0.15) is 5.54 Å². The molecule has 1 heterocycles. The van der Waals surface area contributed by atoms with Gasteiger partial charge in [-0.25, -0.2) is 4.99 Å². The number of amides is 1. The van der Waals surface area contributed by atoms with Crippen molar-refractivity contribution in [3.05, 3.63) is 34.9 Å². The normalized spacial score (nSPS) is 33.4. The highest BCUT2D eigenvalue weighted by molar-refractivity contribution is 5.99. The summed E-state index contributed by atoms with van der Waals surface area (Å²) in [6.45, 7) is 0. The molecule has 0 radical (unpaired) electrons. The van der Waals surface area contributed by atoms with Gasteiger partial charge < -0.3 is 10.5 Å². The van der Waals surface area contributed by atoms with Crippen molar-refractivity contribution in [3.63, 3.8) is 0 Å². The van der Waals surface area contributed by atoms with Crippen molar-refractivity contribution in [2.45, 2.75) is 63.0 Å². The molecule has 5 heteroatoms. The molecule has 4 aliphatic rings. The summed E-state index contributed by atoms with van der Waals surface area (Å²) in [5, 5.41) is 0. The van der Waals surface area contributed by atoms with E-state index in [1.807, 2.05) is 0 Å². The minimum absolute atomic E-state index is 0.0491. The van der Waals surface area contributed by atoms with Crippen molar-refractivity contribution in [2.75, 3.05) is 14.2 Å². The van der Waals surface area contributed by atoms with Crippen molar-refractivity contribution < 1.29 is 9.53 Å². The number of benzene rings is 1. The quantitative estimate of drug-likeness (QED) is 0.749. The van der Waals surface area contributed by atoms with E-state index in [2.05, 4.69) is 30.0 Å². The number of carbonyl (C=O) groups is 1. The summed E-state index contributed by atoms with van der Waals surface area (Å²) in [6.07, 6.45) is 8.05. The van der Waals surface area contributed by atoms with Crippen LogP contribution in [0.5, 0.6) is 0 Å². The molecule has 1 amide bonds. The molecule has 2 N–H and O–H groups in total. The average Bonchev–Trinajstić information content (AvgIpc) is 3.52. The van der Waals surface area contributed by atoms with Crippen LogP contribution in [0.2, 0.25) is 0 Å². The highest BCUT2D eigenvalue weighted by atomic mass is 16.5. The number of nitrogens with zero attached hydrogens (tertiary/aromatic N) is 2. The Bertz CT molecular complexity index is 945. The number of nitrogens with two attached hydrogens (primary N) is 1. The standard InChI is InChI=1S/C24H29N3O2/c1-27-21(28)15-24(26-22(27)25)20-13-17(6-5-16-3-4-16)7-8-18(20)14-23(24)11-9-19(29-2)10-12-23/h7-8,13,16,19H,3-4,9-12,14-15H2,1-2H3,(H2,25,26)/t19-,23+,24?. The Hall–Kier alpha value is -2.32. The van der Waals surface area contributed by atoms with E-state index in [4.69, 9.17) is 15.5 Å². The lowest BCUT2D eigenvalue weighted by Crippen LogP contribution is -2.54. The number of rotatable bonds is 1. The molecule has 0 bridgehead atoms. The Morgan fingerprint density at radius 2 is 1.97 bits per heavy atom. The second kappa shape index (κ2) is 6.60. The lowest BCUT2D eigenvalue weighted by atomic mass is 9.60. The molecule has 1 aromatic rings. The number of methoxy groups -OCH3 is 1. The fraction of sp³-hybridized carbons (Fsp3) is 0.583. The number of hydrogen-bond donors (Lipinski definition) is 1. The summed E-state index contributed by atoms with van der Waals surface area (Å²) in [7, 11) is 3.51. The van der Waals surface area contributed by atoms with Gasteiger partial charge in [0.15, 0.2) is 5.96 Å². The van der Waals surface area contributed by atoms with E-state index < -0.39 is 5.54 Å². The Morgan fingerprint density at radius 1 is 1.21 bits per heavy atom. The second-order valence-electron chi connectivity index (χ2n) is 9.27. The summed E-state index contributed by atoms with van der Waals surface area (Å²) < 4.78 is 5.63. The molecule has 2 fully saturated rings. The number of fused-ring (bicyclic) bond motifs is 3. The van der Waals surface area contributed by atoms with Gasteiger partial charge in [-0.1, -0.05) is 17.9 Å². The number of carbonyl (C=O) groups excluding carboxylic acids is 1. The molecule has 2 saturated carbocycles. The molecule has 5 nitrogen and oxygen atoms in total. The number of guanidine groups is 1. The Kier molecular flexibility index (Phi) is 4.25. The lowest BCUT2D eigenvalue weighted by molar-refractivity contribution is -0.131. The molecular weight excluding hydrogens is 362 g/mol. The van der Waals surface area contributed by atoms with Crippen LogP contribution in [-0.4, -0.2) is 37.0 Å². The van der Waals surface area contributed by atoms with Crippen molar-refractivity contribution in [1.29, 1.82) is 0 Å². The van der Waals surface area contributed by atoms with Gasteiger partial charge in [-0.3, -0.25) is 9.69 Å². The van der Waals surface area contributed by atoms with Crippen molar-refractivity contribution >= 4 is 11.9 Å². The van der Waals surface area contributed by atoms with Crippen LogP contribution < -0.4 is 5.73 Å². The van der Waals surface area contributed by atoms with Crippen LogP contribution in [0.4, 0.5) is 0 Å². The van der Waals surface area contributed by atoms with Crippen LogP contribution in [-0.2, 0) is 21.5 Å². The van der Waals surface area contributed by atoms with E-state index in [1.165, 1.54) is 28.9 Å². The predicted molar refractivity (Wildman–Crippen MR) is 112 cm³/mol. The summed E-state index contributed by atoms with van der Waals surface area (Å²) in [6, 6.07) is 6.53. The number of hydrogen-bond acceptors (Lipinski definition) is 4. The molecule has 1 unspecified atom stereocenters. The number of aliphatic imine (C=N–C) groups is 1. The van der Waals surface area contributed by atoms with Gasteiger partial charge in [-0.05, 0) is 68.2 Å². The Balaban J connectivity index is 1.62. The first-order chi connectivity index (χ1) is 14.0. The monoisotopic (exact) mass is 391 g/mol. The first-order valence-corrected chi connectivity index (χ1v) is 10.8. The van der Waals surface area contributed by atoms with Gasteiger partial charge in [0, 0.05) is 31.1 Å². The third-order valence-corrected chi connectivity index (χ3v) is 7.61. The smallest absolute Gasteiger partial charge is 0.231 e. The summed E-state index contributed by atoms with van der Waals surface area (Å²) in [5.74, 6) is 7.66. The molecule has 29 heavy (non-hydrogen) atoms. The minimum atomic E-state index is -0.577. The molecule has 3 aliphatic carbocycles. The van der Waals surface area contributed by atoms with Crippen LogP contribution in [0.3, 0.4) is 0 Å². The predicted octanol–water partition coefficient (Wildman–Crippen LogP) is 2.95. The second-order valence-corrected chi connectivity index (χ2v) is 9.27. The maximum atomic E-state index is 12.9. The summed E-state index contributed by atoms with van der Waals surface area (Å²) >= 11 is 0. The molecule has 1 atom stereocenters. The number of ether oxygens (including phenoxy) is 1. The van der Waals surface area contributed by atoms with Crippen molar-refractivity contribution in [1.82, 2.24) is 4.90 Å². The molecular formula is C24H29N3O2. The molecule has 1 aliphatic heterocycles. The van der Waals surface area contributed by atoms with Gasteiger partial charge in [-0.15, -0.1) is 0 Å². The van der Waals surface area contributed by atoms with Crippen LogP contribution in [0.25, 0.3) is 0 Å². The molecule has 0 aromatic heterocycles. The van der Waals surface area contributed by atoms with E-state index in [1.54, 1.807) is 14.2 Å². The van der Waals surface area contributed by atoms with E-state index in [0.717, 1.165) is 37.7 Å². The average molecular weight is 392 g/mol. The summed E-state index contributed by atoms with van der Waals surface area (Å²) in [4.78, 5) is 19.5. The van der Waals surface area contributed by atoms with Crippen LogP contribution in [0.15, 0.2) is 23.2 Å². The Labute approximate surface area is 172 Å². The van der Waals surface area contributed by atoms with Crippen molar-refractivity contribution in [2.24, 2.45) is 22.1 Å². The molecule has 0 saturated heterocycles. The van der Waals surface area contributed by atoms with Gasteiger partial charge in [0.2, 0.25) is 5.91 Å². The Morgan fingerprint density at radius 3 is 2.62 bits per heavy atom. The van der Waals surface area contributed by atoms with Crippen LogP contribution >= 0.6 is 0 Å². The fourth-order valence-electron chi connectivity index (χ4n) is 5.61. The molecule has 5 rings (SSSR count).